The highest BCUT2D eigenvalue weighted by atomic mass is 35.5. The van der Waals surface area contributed by atoms with E-state index < -0.39 is 0 Å². The van der Waals surface area contributed by atoms with Gasteiger partial charge in [0.05, 0.1) is 11.2 Å². The van der Waals surface area contributed by atoms with Gasteiger partial charge in [-0.1, -0.05) is 37.6 Å². The Balaban J connectivity index is 1.60. The molecule has 23 heavy (non-hydrogen) atoms. The number of hydrogen-bond acceptors (Lipinski definition) is 2. The average Bonchev–Trinajstić information content (AvgIpc) is 3.03. The minimum Gasteiger partial charge on any atom is -0.360 e. The van der Waals surface area contributed by atoms with Gasteiger partial charge in [0, 0.05) is 33.8 Å². The summed E-state index contributed by atoms with van der Waals surface area (Å²) >= 11 is 7.93. The van der Waals surface area contributed by atoms with E-state index in [1.807, 2.05) is 36.3 Å². The maximum Gasteiger partial charge on any atom is 0.0673 e. The van der Waals surface area contributed by atoms with E-state index >= 15 is 0 Å². The summed E-state index contributed by atoms with van der Waals surface area (Å²) in [6.45, 7) is 4.61. The second kappa shape index (κ2) is 7.41. The number of nitrogens with one attached hydrogen (secondary N) is 1. The number of benzene rings is 1. The zero-order chi connectivity index (χ0) is 16.2. The Morgan fingerprint density at radius 2 is 1.91 bits per heavy atom. The molecule has 3 aromatic rings. The van der Waals surface area contributed by atoms with Gasteiger partial charge in [-0.05, 0) is 42.2 Å². The number of aromatic nitrogens is 2. The molecule has 0 spiro atoms. The number of H-pyrrole nitrogens is 1. The van der Waals surface area contributed by atoms with Crippen LogP contribution < -0.4 is 0 Å². The molecule has 0 aliphatic heterocycles. The Morgan fingerprint density at radius 3 is 2.70 bits per heavy atom. The van der Waals surface area contributed by atoms with Gasteiger partial charge in [0.2, 0.25) is 0 Å². The lowest BCUT2D eigenvalue weighted by Gasteiger charge is -2.19. The van der Waals surface area contributed by atoms with Crippen molar-refractivity contribution in [2.45, 2.75) is 31.3 Å². The summed E-state index contributed by atoms with van der Waals surface area (Å²) in [6.07, 6.45) is 4.88. The van der Waals surface area contributed by atoms with Gasteiger partial charge in [-0.25, -0.2) is 0 Å². The van der Waals surface area contributed by atoms with Crippen LogP contribution in [-0.2, 0) is 12.2 Å². The van der Waals surface area contributed by atoms with Crippen molar-refractivity contribution < 1.29 is 0 Å². The summed E-state index contributed by atoms with van der Waals surface area (Å²) in [7, 11) is 0. The van der Waals surface area contributed by atoms with Crippen molar-refractivity contribution >= 4 is 34.3 Å². The summed E-state index contributed by atoms with van der Waals surface area (Å²) in [5.41, 5.74) is 3.66. The van der Waals surface area contributed by atoms with Crippen LogP contribution in [0, 0.1) is 5.92 Å². The van der Waals surface area contributed by atoms with Gasteiger partial charge >= 0.3 is 0 Å². The van der Waals surface area contributed by atoms with Crippen molar-refractivity contribution in [3.63, 3.8) is 0 Å². The fourth-order valence-corrected chi connectivity index (χ4v) is 3.84. The summed E-state index contributed by atoms with van der Waals surface area (Å²) in [5.74, 6) is 1.58. The van der Waals surface area contributed by atoms with Gasteiger partial charge in [-0.15, -0.1) is 0 Å². The van der Waals surface area contributed by atoms with Crippen molar-refractivity contribution in [2.24, 2.45) is 5.92 Å². The SMILES string of the molecule is CC(Cc1nccc2cc[nH]c12)C(C)SCc1ccc(Cl)cc1. The fraction of sp³-hybridized carbons (Fsp3) is 0.316. The van der Waals surface area contributed by atoms with Crippen LogP contribution in [0.25, 0.3) is 10.9 Å². The fourth-order valence-electron chi connectivity index (χ4n) is 2.64. The molecule has 2 aromatic heterocycles. The Morgan fingerprint density at radius 1 is 1.13 bits per heavy atom. The third-order valence-electron chi connectivity index (χ3n) is 4.30. The Hall–Kier alpha value is -1.45. The van der Waals surface area contributed by atoms with E-state index in [2.05, 4.69) is 48.1 Å². The highest BCUT2D eigenvalue weighted by molar-refractivity contribution is 7.99. The molecule has 4 heteroatoms. The third kappa shape index (κ3) is 4.10. The maximum atomic E-state index is 5.94. The van der Waals surface area contributed by atoms with Crippen LogP contribution in [0.2, 0.25) is 5.02 Å². The molecule has 0 aliphatic rings. The van der Waals surface area contributed by atoms with Crippen LogP contribution in [0.1, 0.15) is 25.1 Å². The number of hydrogen-bond donors (Lipinski definition) is 1. The molecule has 0 aliphatic carbocycles. The van der Waals surface area contributed by atoms with E-state index in [-0.39, 0.29) is 0 Å². The molecule has 2 unspecified atom stereocenters. The van der Waals surface area contributed by atoms with E-state index in [0.29, 0.717) is 11.2 Å². The van der Waals surface area contributed by atoms with Gasteiger partial charge in [-0.2, -0.15) is 11.8 Å². The van der Waals surface area contributed by atoms with Crippen LogP contribution in [0.5, 0.6) is 0 Å². The van der Waals surface area contributed by atoms with Gasteiger partial charge in [0.25, 0.3) is 0 Å². The summed E-state index contributed by atoms with van der Waals surface area (Å²) in [4.78, 5) is 7.89. The molecule has 0 bridgehead atoms. The highest BCUT2D eigenvalue weighted by Crippen LogP contribution is 2.27. The molecule has 0 saturated carbocycles. The smallest absolute Gasteiger partial charge is 0.0673 e. The van der Waals surface area contributed by atoms with Crippen LogP contribution in [-0.4, -0.2) is 15.2 Å². The first-order chi connectivity index (χ1) is 11.1. The summed E-state index contributed by atoms with van der Waals surface area (Å²) in [6, 6.07) is 12.3. The van der Waals surface area contributed by atoms with Gasteiger partial charge < -0.3 is 4.98 Å². The van der Waals surface area contributed by atoms with Crippen molar-refractivity contribution in [3.8, 4) is 0 Å². The van der Waals surface area contributed by atoms with Gasteiger partial charge in [0.15, 0.2) is 0 Å². The predicted molar refractivity (Wildman–Crippen MR) is 101 cm³/mol. The lowest BCUT2D eigenvalue weighted by Crippen LogP contribution is -2.14. The van der Waals surface area contributed by atoms with E-state index in [0.717, 1.165) is 17.2 Å². The van der Waals surface area contributed by atoms with Crippen molar-refractivity contribution in [2.75, 3.05) is 0 Å². The standard InChI is InChI=1S/C19H21ClN2S/c1-13(11-18-19-16(7-9-21-18)8-10-22-19)14(2)23-12-15-3-5-17(20)6-4-15/h3-10,13-14,22H,11-12H2,1-2H3. The monoisotopic (exact) mass is 344 g/mol. The first-order valence-corrected chi connectivity index (χ1v) is 9.33. The Labute approximate surface area is 146 Å². The Bertz CT molecular complexity index is 766. The first kappa shape index (κ1) is 16.4. The minimum atomic E-state index is 0.564. The number of aromatic amines is 1. The number of rotatable bonds is 6. The molecule has 3 rings (SSSR count). The largest absolute Gasteiger partial charge is 0.360 e. The average molecular weight is 345 g/mol. The number of nitrogens with zero attached hydrogens (tertiary/aromatic N) is 1. The van der Waals surface area contributed by atoms with Crippen molar-refractivity contribution in [1.29, 1.82) is 0 Å². The van der Waals surface area contributed by atoms with Crippen LogP contribution >= 0.6 is 23.4 Å². The van der Waals surface area contributed by atoms with Crippen LogP contribution in [0.3, 0.4) is 0 Å². The van der Waals surface area contributed by atoms with Crippen molar-refractivity contribution in [3.05, 3.63) is 65.1 Å². The zero-order valence-corrected chi connectivity index (χ0v) is 15.0. The summed E-state index contributed by atoms with van der Waals surface area (Å²) in [5, 5.41) is 2.60. The number of halogens is 1. The van der Waals surface area contributed by atoms with Crippen LogP contribution in [0.4, 0.5) is 0 Å². The lowest BCUT2D eigenvalue weighted by atomic mass is 10.0. The predicted octanol–water partition coefficient (Wildman–Crippen LogP) is 5.72. The molecule has 1 N–H and O–H groups in total. The van der Waals surface area contributed by atoms with Crippen molar-refractivity contribution in [1.82, 2.24) is 9.97 Å². The maximum absolute atomic E-state index is 5.94. The quantitative estimate of drug-likeness (QED) is 0.619. The van der Waals surface area contributed by atoms with Gasteiger partial charge in [0.1, 0.15) is 0 Å². The van der Waals surface area contributed by atoms with Crippen LogP contribution in [0.15, 0.2) is 48.8 Å². The van der Waals surface area contributed by atoms with E-state index in [1.165, 1.54) is 22.2 Å². The molecule has 0 amide bonds. The Kier molecular flexibility index (Phi) is 5.29. The molecular weight excluding hydrogens is 324 g/mol. The zero-order valence-electron chi connectivity index (χ0n) is 13.4. The molecule has 0 saturated heterocycles. The molecule has 0 fully saturated rings. The third-order valence-corrected chi connectivity index (χ3v) is 6.04. The lowest BCUT2D eigenvalue weighted by molar-refractivity contribution is 0.568. The van der Waals surface area contributed by atoms with E-state index in [1.54, 1.807) is 0 Å². The highest BCUT2D eigenvalue weighted by Gasteiger charge is 2.16. The molecule has 2 atom stereocenters. The van der Waals surface area contributed by atoms with E-state index in [9.17, 15) is 0 Å². The molecule has 2 heterocycles. The normalized spacial score (nSPS) is 14.0. The first-order valence-electron chi connectivity index (χ1n) is 7.90. The molecule has 1 aromatic carbocycles. The van der Waals surface area contributed by atoms with Gasteiger partial charge in [-0.3, -0.25) is 4.98 Å². The van der Waals surface area contributed by atoms with E-state index in [4.69, 9.17) is 11.6 Å². The second-order valence-electron chi connectivity index (χ2n) is 6.02. The minimum absolute atomic E-state index is 0.564. The molecular formula is C19H21ClN2S. The summed E-state index contributed by atoms with van der Waals surface area (Å²) < 4.78 is 0. The second-order valence-corrected chi connectivity index (χ2v) is 7.83. The number of pyridine rings is 1. The topological polar surface area (TPSA) is 28.7 Å². The number of fused-ring (bicyclic) bond motifs is 1. The molecule has 2 nitrogen and oxygen atoms in total. The molecule has 0 radical (unpaired) electrons. The number of thioether (sulfide) groups is 1. The molecule has 120 valence electrons.